The van der Waals surface area contributed by atoms with Gasteiger partial charge in [-0.3, -0.25) is 14.4 Å². The smallest absolute Gasteiger partial charge is 0.326 e. The summed E-state index contributed by atoms with van der Waals surface area (Å²) in [6, 6.07) is 5.36. The predicted molar refractivity (Wildman–Crippen MR) is 227 cm³/mol. The van der Waals surface area contributed by atoms with Crippen LogP contribution in [0.4, 0.5) is 17.5 Å². The highest BCUT2D eigenvalue weighted by Crippen LogP contribution is 2.23. The molecule has 3 rings (SSSR count). The summed E-state index contributed by atoms with van der Waals surface area (Å²) in [6.45, 7) is 14.4. The second kappa shape index (κ2) is 24.7. The number of carbonyl (C=O) groups is 4. The molecule has 60 heavy (non-hydrogen) atoms. The van der Waals surface area contributed by atoms with E-state index in [1.807, 2.05) is 39.6 Å². The van der Waals surface area contributed by atoms with Crippen LogP contribution >= 0.6 is 0 Å². The number of ether oxygens (including phenoxy) is 4. The molecule has 0 fully saturated rings. The number of nitrogens with zero attached hydrogens (tertiary/aromatic N) is 5. The van der Waals surface area contributed by atoms with Gasteiger partial charge >= 0.3 is 5.97 Å². The zero-order valence-electron chi connectivity index (χ0n) is 35.9. The maximum Gasteiger partial charge on any atom is 0.326 e. The molecule has 0 spiro atoms. The molecule has 1 atom stereocenters. The molecular weight excluding hydrogens is 777 g/mol. The van der Waals surface area contributed by atoms with Crippen LogP contribution in [0.3, 0.4) is 0 Å². The molecule has 19 heteroatoms. The Morgan fingerprint density at radius 2 is 1.47 bits per heavy atom. The Kier molecular flexibility index (Phi) is 20.3. The fraction of sp³-hybridized carbons (Fsp3) is 0.610. The number of aromatic nitrogens is 4. The predicted octanol–water partition coefficient (Wildman–Crippen LogP) is 2.87. The largest absolute Gasteiger partial charge is 0.480 e. The van der Waals surface area contributed by atoms with E-state index in [0.717, 1.165) is 12.1 Å². The molecule has 332 valence electrons. The number of hydrogen-bond acceptors (Lipinski definition) is 15. The third-order valence-electron chi connectivity index (χ3n) is 9.70. The van der Waals surface area contributed by atoms with Crippen molar-refractivity contribution in [2.45, 2.75) is 91.3 Å². The fourth-order valence-corrected chi connectivity index (χ4v) is 5.48. The summed E-state index contributed by atoms with van der Waals surface area (Å²) in [5.41, 5.74) is 13.1. The molecule has 1 unspecified atom stereocenters. The number of rotatable bonds is 29. The van der Waals surface area contributed by atoms with Crippen molar-refractivity contribution >= 4 is 52.3 Å². The number of benzene rings is 1. The SMILES string of the molecule is CCC(C)(C)OCCC(C)(C)C(=O)NCCCOCCOCCOCCCNC(=O)CCC(NC(=O)c1ccc(N(C)Cc2cnc3nc(N)nc(N)c3n2)cc1)C(=O)O. The second-order valence-electron chi connectivity index (χ2n) is 15.6. The van der Waals surface area contributed by atoms with Crippen LogP contribution in [0.2, 0.25) is 0 Å². The Morgan fingerprint density at radius 1 is 0.850 bits per heavy atom. The third-order valence-corrected chi connectivity index (χ3v) is 9.70. The molecule has 1 aromatic carbocycles. The summed E-state index contributed by atoms with van der Waals surface area (Å²) >= 11 is 0. The number of carboxylic acids is 1. The molecule has 3 amide bonds. The first-order chi connectivity index (χ1) is 28.5. The van der Waals surface area contributed by atoms with Crippen LogP contribution in [-0.2, 0) is 39.9 Å². The lowest BCUT2D eigenvalue weighted by molar-refractivity contribution is -0.139. The fourth-order valence-electron chi connectivity index (χ4n) is 5.48. The van der Waals surface area contributed by atoms with Crippen LogP contribution in [0.25, 0.3) is 11.2 Å². The molecule has 2 heterocycles. The van der Waals surface area contributed by atoms with E-state index in [1.165, 1.54) is 0 Å². The highest BCUT2D eigenvalue weighted by molar-refractivity contribution is 5.97. The van der Waals surface area contributed by atoms with E-state index in [-0.39, 0.29) is 47.6 Å². The molecule has 3 aromatic rings. The molecule has 0 saturated carbocycles. The van der Waals surface area contributed by atoms with Crippen LogP contribution < -0.4 is 32.3 Å². The third kappa shape index (κ3) is 17.5. The van der Waals surface area contributed by atoms with E-state index in [9.17, 15) is 24.3 Å². The van der Waals surface area contributed by atoms with Crippen LogP contribution in [0.5, 0.6) is 0 Å². The van der Waals surface area contributed by atoms with E-state index in [2.05, 4.69) is 42.8 Å². The molecule has 8 N–H and O–H groups in total. The van der Waals surface area contributed by atoms with Gasteiger partial charge in [-0.05, 0) is 70.2 Å². The second-order valence-corrected chi connectivity index (χ2v) is 15.6. The topological polar surface area (TPSA) is 268 Å². The van der Waals surface area contributed by atoms with Gasteiger partial charge in [-0.1, -0.05) is 20.8 Å². The van der Waals surface area contributed by atoms with Crippen molar-refractivity contribution in [3.05, 3.63) is 41.7 Å². The molecule has 0 saturated heterocycles. The van der Waals surface area contributed by atoms with Crippen molar-refractivity contribution in [2.75, 3.05) is 82.8 Å². The van der Waals surface area contributed by atoms with E-state index < -0.39 is 23.3 Å². The molecule has 19 nitrogen and oxygen atoms in total. The van der Waals surface area contributed by atoms with Crippen molar-refractivity contribution in [2.24, 2.45) is 5.41 Å². The van der Waals surface area contributed by atoms with Crippen molar-refractivity contribution < 1.29 is 43.2 Å². The number of amides is 3. The zero-order valence-corrected chi connectivity index (χ0v) is 35.9. The highest BCUT2D eigenvalue weighted by atomic mass is 16.5. The van der Waals surface area contributed by atoms with Crippen molar-refractivity contribution in [1.82, 2.24) is 35.9 Å². The number of anilines is 3. The number of hydrogen-bond donors (Lipinski definition) is 6. The zero-order chi connectivity index (χ0) is 44.1. The summed E-state index contributed by atoms with van der Waals surface area (Å²) in [7, 11) is 1.83. The average molecular weight is 841 g/mol. The van der Waals surface area contributed by atoms with Crippen molar-refractivity contribution in [3.63, 3.8) is 0 Å². The minimum atomic E-state index is -1.25. The lowest BCUT2D eigenvalue weighted by Gasteiger charge is -2.28. The van der Waals surface area contributed by atoms with Crippen molar-refractivity contribution in [1.29, 1.82) is 0 Å². The summed E-state index contributed by atoms with van der Waals surface area (Å²) in [5, 5.41) is 17.9. The monoisotopic (exact) mass is 840 g/mol. The van der Waals surface area contributed by atoms with Gasteiger partial charge in [0.05, 0.1) is 50.5 Å². The van der Waals surface area contributed by atoms with Gasteiger partial charge in [-0.15, -0.1) is 0 Å². The number of carbonyl (C=O) groups excluding carboxylic acids is 3. The van der Waals surface area contributed by atoms with Crippen LogP contribution in [0.1, 0.15) is 89.2 Å². The van der Waals surface area contributed by atoms with E-state index in [4.69, 9.17) is 30.4 Å². The van der Waals surface area contributed by atoms with Crippen LogP contribution in [0, 0.1) is 5.41 Å². The number of nitrogens with one attached hydrogen (secondary N) is 3. The molecule has 0 radical (unpaired) electrons. The van der Waals surface area contributed by atoms with E-state index in [1.54, 1.807) is 30.5 Å². The Labute approximate surface area is 352 Å². The van der Waals surface area contributed by atoms with Gasteiger partial charge in [0.1, 0.15) is 6.04 Å². The normalized spacial score (nSPS) is 12.2. The first-order valence-electron chi connectivity index (χ1n) is 20.3. The molecule has 0 aliphatic heterocycles. The van der Waals surface area contributed by atoms with E-state index in [0.29, 0.717) is 102 Å². The van der Waals surface area contributed by atoms with E-state index >= 15 is 0 Å². The Hall–Kier alpha value is -5.24. The van der Waals surface area contributed by atoms with Crippen LogP contribution in [0.15, 0.2) is 30.5 Å². The Bertz CT molecular complexity index is 1830. The van der Waals surface area contributed by atoms with Gasteiger partial charge in [0, 0.05) is 63.0 Å². The quantitative estimate of drug-likeness (QED) is 0.0549. The Morgan fingerprint density at radius 3 is 2.08 bits per heavy atom. The standard InChI is InChI=1S/C41H64N10O9/c1-7-41(4,5)60-21-16-40(2,3)38(56)45-18-9-20-58-23-25-59-24-22-57-19-8-17-44-32(52)15-14-31(37(54)55)48-36(53)28-10-12-30(13-11-28)51(6)27-29-26-46-35-33(47-29)34(42)49-39(43)50-35/h10-13,26,31H,7-9,14-25,27H2,1-6H3,(H,44,52)(H,45,56)(H,48,53)(H,54,55)(H4,42,43,46,49,50). The molecule has 0 bridgehead atoms. The first-order valence-corrected chi connectivity index (χ1v) is 20.3. The molecule has 0 aliphatic carbocycles. The summed E-state index contributed by atoms with van der Waals surface area (Å²) < 4.78 is 22.5. The van der Waals surface area contributed by atoms with Gasteiger partial charge in [-0.2, -0.15) is 9.97 Å². The lowest BCUT2D eigenvalue weighted by atomic mass is 9.88. The Balaban J connectivity index is 1.20. The van der Waals surface area contributed by atoms with Crippen molar-refractivity contribution in [3.8, 4) is 0 Å². The van der Waals surface area contributed by atoms with Crippen LogP contribution in [-0.4, -0.2) is 127 Å². The van der Waals surface area contributed by atoms with Gasteiger partial charge in [0.2, 0.25) is 17.8 Å². The number of aliphatic carboxylic acids is 1. The molecular formula is C41H64N10O9. The minimum Gasteiger partial charge on any atom is -0.480 e. The summed E-state index contributed by atoms with van der Waals surface area (Å²) in [4.78, 5) is 68.3. The summed E-state index contributed by atoms with van der Waals surface area (Å²) in [6.07, 6.45) is 4.22. The number of fused-ring (bicyclic) bond motifs is 1. The number of nitrogens with two attached hydrogens (primary N) is 2. The minimum absolute atomic E-state index is 0.00531. The summed E-state index contributed by atoms with van der Waals surface area (Å²) in [5.74, 6) is -2.00. The number of nitrogen functional groups attached to an aromatic ring is 2. The lowest BCUT2D eigenvalue weighted by Crippen LogP contribution is -2.41. The average Bonchev–Trinajstić information content (AvgIpc) is 3.20. The highest BCUT2D eigenvalue weighted by Gasteiger charge is 2.28. The van der Waals surface area contributed by atoms with Gasteiger partial charge in [-0.25, -0.2) is 14.8 Å². The number of carboxylic acid groups (broad SMARTS) is 1. The molecule has 0 aliphatic rings. The first kappa shape index (κ1) is 49.1. The van der Waals surface area contributed by atoms with Gasteiger partial charge < -0.3 is 56.4 Å². The maximum absolute atomic E-state index is 12.9. The molecule has 2 aromatic heterocycles. The maximum atomic E-state index is 12.9. The van der Waals surface area contributed by atoms with Gasteiger partial charge in [0.15, 0.2) is 17.0 Å². The van der Waals surface area contributed by atoms with Gasteiger partial charge in [0.25, 0.3) is 5.91 Å².